The first kappa shape index (κ1) is 38.0. The van der Waals surface area contributed by atoms with Crippen LogP contribution in [0.15, 0.2) is 72.8 Å². The Kier molecular flexibility index (Phi) is 12.4. The molecule has 0 aromatic heterocycles. The minimum absolute atomic E-state index is 0.00872. The number of piperidine rings is 1. The van der Waals surface area contributed by atoms with Gasteiger partial charge in [0.25, 0.3) is 0 Å². The lowest BCUT2D eigenvalue weighted by Gasteiger charge is -2.51. The lowest BCUT2D eigenvalue weighted by atomic mass is 9.75. The molecule has 4 N–H and O–H groups in total. The van der Waals surface area contributed by atoms with Crippen molar-refractivity contribution in [1.29, 1.82) is 0 Å². The third-order valence-electron chi connectivity index (χ3n) is 11.1. The number of ether oxygens (including phenoxy) is 2. The van der Waals surface area contributed by atoms with E-state index in [0.29, 0.717) is 31.6 Å². The fourth-order valence-electron chi connectivity index (χ4n) is 8.36. The van der Waals surface area contributed by atoms with Crippen LogP contribution in [0.2, 0.25) is 0 Å². The summed E-state index contributed by atoms with van der Waals surface area (Å²) in [7, 11) is 0. The molecule has 2 aliphatic heterocycles. The minimum atomic E-state index is -0.598. The third kappa shape index (κ3) is 9.23. The lowest BCUT2D eigenvalue weighted by Crippen LogP contribution is -2.61. The van der Waals surface area contributed by atoms with E-state index in [-0.39, 0.29) is 48.3 Å². The van der Waals surface area contributed by atoms with E-state index in [1.54, 1.807) is 0 Å². The summed E-state index contributed by atoms with van der Waals surface area (Å²) >= 11 is 0. The van der Waals surface area contributed by atoms with Gasteiger partial charge in [0.15, 0.2) is 6.29 Å². The molecule has 1 aliphatic carbocycles. The fraction of sp³-hybridized carbons (Fsp3) is 0.535. The van der Waals surface area contributed by atoms with Crippen LogP contribution in [0.25, 0.3) is 11.1 Å². The molecule has 3 aromatic carbocycles. The summed E-state index contributed by atoms with van der Waals surface area (Å²) in [4.78, 5) is 28.3. The normalized spacial score (nSPS) is 26.6. The van der Waals surface area contributed by atoms with Crippen LogP contribution in [0.1, 0.15) is 108 Å². The number of hydrogen-bond acceptors (Lipinski definition) is 6. The molecule has 1 saturated carbocycles. The van der Waals surface area contributed by atoms with Crippen molar-refractivity contribution in [2.75, 3.05) is 13.1 Å². The van der Waals surface area contributed by atoms with Gasteiger partial charge in [0.2, 0.25) is 5.91 Å². The summed E-state index contributed by atoms with van der Waals surface area (Å²) in [6.07, 6.45) is 5.73. The Balaban J connectivity index is 1.26. The summed E-state index contributed by atoms with van der Waals surface area (Å²) in [5.74, 6) is 0.737. The molecule has 6 rings (SSSR count). The summed E-state index contributed by atoms with van der Waals surface area (Å²) in [6, 6.07) is 24.6. The standard InChI is InChI=1S/C43H58N4O5/c1-6-44-42(50)45-25-30-10-9-12-35(24-30)31-18-20-34(21-19-31)41-51-38(28(2)39(52-41)33-16-14-29(27-48)15-17-33)26-47-36-13-8-7-11-32(36)22-23-37(47)40(49)46-43(3,4)5/h9-10,12,14-21,24,28,32,36-39,41,48H,6-8,11,13,22-23,25-27H2,1-5H3,(H,46,49)(H2,44,45,50). The molecule has 3 aromatic rings. The molecular formula is C43H58N4O5. The van der Waals surface area contributed by atoms with Gasteiger partial charge in [-0.3, -0.25) is 9.69 Å². The second kappa shape index (κ2) is 16.9. The molecule has 0 radical (unpaired) electrons. The Bertz CT molecular complexity index is 1640. The quantitative estimate of drug-likeness (QED) is 0.175. The van der Waals surface area contributed by atoms with Crippen molar-refractivity contribution in [3.05, 3.63) is 95.1 Å². The van der Waals surface area contributed by atoms with Crippen LogP contribution in [-0.2, 0) is 27.4 Å². The van der Waals surface area contributed by atoms with Crippen LogP contribution < -0.4 is 16.0 Å². The van der Waals surface area contributed by atoms with Crippen LogP contribution in [0.5, 0.6) is 0 Å². The Hall–Kier alpha value is -3.76. The average molecular weight is 711 g/mol. The summed E-state index contributed by atoms with van der Waals surface area (Å²) in [5.41, 5.74) is 5.68. The topological polar surface area (TPSA) is 112 Å². The monoisotopic (exact) mass is 710 g/mol. The van der Waals surface area contributed by atoms with Crippen molar-refractivity contribution in [1.82, 2.24) is 20.9 Å². The van der Waals surface area contributed by atoms with E-state index in [2.05, 4.69) is 97.1 Å². The van der Waals surface area contributed by atoms with Gasteiger partial charge in [-0.15, -0.1) is 0 Å². The van der Waals surface area contributed by atoms with Crippen molar-refractivity contribution in [2.45, 2.75) is 122 Å². The number of aliphatic hydroxyl groups is 1. The predicted molar refractivity (Wildman–Crippen MR) is 204 cm³/mol. The van der Waals surface area contributed by atoms with Gasteiger partial charge in [0.1, 0.15) is 0 Å². The van der Waals surface area contributed by atoms with E-state index in [4.69, 9.17) is 9.47 Å². The minimum Gasteiger partial charge on any atom is -0.392 e. The first-order chi connectivity index (χ1) is 25.0. The van der Waals surface area contributed by atoms with Gasteiger partial charge in [-0.2, -0.15) is 0 Å². The van der Waals surface area contributed by atoms with Crippen LogP contribution in [-0.4, -0.2) is 58.8 Å². The number of nitrogens with one attached hydrogen (secondary N) is 3. The van der Waals surface area contributed by atoms with Gasteiger partial charge in [0, 0.05) is 42.7 Å². The molecule has 7 unspecified atom stereocenters. The maximum atomic E-state index is 13.9. The van der Waals surface area contributed by atoms with Crippen molar-refractivity contribution in [3.8, 4) is 11.1 Å². The van der Waals surface area contributed by atoms with E-state index in [1.165, 1.54) is 19.3 Å². The second-order valence-corrected chi connectivity index (χ2v) is 16.0. The first-order valence-electron chi connectivity index (χ1n) is 19.3. The highest BCUT2D eigenvalue weighted by atomic mass is 16.7. The number of fused-ring (bicyclic) bond motifs is 1. The number of benzene rings is 3. The molecule has 9 heteroatoms. The molecule has 3 amide bonds. The summed E-state index contributed by atoms with van der Waals surface area (Å²) < 4.78 is 13.8. The van der Waals surface area contributed by atoms with Gasteiger partial charge < -0.3 is 30.5 Å². The Morgan fingerprint density at radius 3 is 2.29 bits per heavy atom. The highest BCUT2D eigenvalue weighted by molar-refractivity contribution is 5.82. The molecule has 3 aliphatic rings. The summed E-state index contributed by atoms with van der Waals surface area (Å²) in [6.45, 7) is 11.9. The molecular weight excluding hydrogens is 652 g/mol. The number of urea groups is 1. The Morgan fingerprint density at radius 1 is 0.846 bits per heavy atom. The van der Waals surface area contributed by atoms with Gasteiger partial charge in [-0.05, 0) is 93.2 Å². The number of hydrogen-bond donors (Lipinski definition) is 4. The molecule has 2 heterocycles. The van der Waals surface area contributed by atoms with Crippen molar-refractivity contribution >= 4 is 11.9 Å². The van der Waals surface area contributed by atoms with E-state index in [1.807, 2.05) is 31.2 Å². The maximum Gasteiger partial charge on any atom is 0.315 e. The van der Waals surface area contributed by atoms with Gasteiger partial charge in [0.05, 0.1) is 24.9 Å². The lowest BCUT2D eigenvalue weighted by molar-refractivity contribution is -0.278. The fourth-order valence-corrected chi connectivity index (χ4v) is 8.36. The third-order valence-corrected chi connectivity index (χ3v) is 11.1. The highest BCUT2D eigenvalue weighted by Crippen LogP contribution is 2.44. The highest BCUT2D eigenvalue weighted by Gasteiger charge is 2.46. The van der Waals surface area contributed by atoms with Crippen LogP contribution in [0.4, 0.5) is 4.79 Å². The van der Waals surface area contributed by atoms with E-state index >= 15 is 0 Å². The van der Waals surface area contributed by atoms with E-state index < -0.39 is 6.29 Å². The van der Waals surface area contributed by atoms with Gasteiger partial charge in [-0.25, -0.2) is 4.79 Å². The zero-order chi connectivity index (χ0) is 36.8. The molecule has 3 fully saturated rings. The maximum absolute atomic E-state index is 13.9. The Labute approximate surface area is 309 Å². The summed E-state index contributed by atoms with van der Waals surface area (Å²) in [5, 5.41) is 18.7. The average Bonchev–Trinajstić information content (AvgIpc) is 3.14. The number of carbonyl (C=O) groups excluding carboxylic acids is 2. The van der Waals surface area contributed by atoms with Gasteiger partial charge >= 0.3 is 6.03 Å². The molecule has 280 valence electrons. The predicted octanol–water partition coefficient (Wildman–Crippen LogP) is 7.39. The van der Waals surface area contributed by atoms with E-state index in [0.717, 1.165) is 52.6 Å². The molecule has 7 atom stereocenters. The molecule has 52 heavy (non-hydrogen) atoms. The van der Waals surface area contributed by atoms with Crippen molar-refractivity contribution in [2.24, 2.45) is 11.8 Å². The number of aliphatic hydroxyl groups excluding tert-OH is 1. The van der Waals surface area contributed by atoms with Gasteiger partial charge in [-0.1, -0.05) is 86.5 Å². The number of amides is 3. The van der Waals surface area contributed by atoms with Crippen LogP contribution in [0, 0.1) is 11.8 Å². The first-order valence-corrected chi connectivity index (χ1v) is 19.3. The zero-order valence-electron chi connectivity index (χ0n) is 31.6. The van der Waals surface area contributed by atoms with Crippen molar-refractivity contribution in [3.63, 3.8) is 0 Å². The largest absolute Gasteiger partial charge is 0.392 e. The van der Waals surface area contributed by atoms with Crippen LogP contribution in [0.3, 0.4) is 0 Å². The number of likely N-dealkylation sites (tertiary alicyclic amines) is 1. The molecule has 0 bridgehead atoms. The van der Waals surface area contributed by atoms with Crippen molar-refractivity contribution < 1.29 is 24.2 Å². The Morgan fingerprint density at radius 2 is 1.58 bits per heavy atom. The smallest absolute Gasteiger partial charge is 0.315 e. The SMILES string of the molecule is CCNC(=O)NCc1cccc(-c2ccc(C3OC(CN4C(C(=O)NC(C)(C)C)CCC5CCCCC54)C(C)C(c4ccc(CO)cc4)O3)cc2)c1. The number of rotatable bonds is 10. The van der Waals surface area contributed by atoms with E-state index in [9.17, 15) is 14.7 Å². The molecule has 9 nitrogen and oxygen atoms in total. The number of carbonyl (C=O) groups is 2. The van der Waals surface area contributed by atoms with Crippen LogP contribution >= 0.6 is 0 Å². The molecule has 2 saturated heterocycles. The molecule has 0 spiro atoms. The second-order valence-electron chi connectivity index (χ2n) is 16.0. The zero-order valence-corrected chi connectivity index (χ0v) is 31.6. The number of nitrogens with zero attached hydrogens (tertiary/aromatic N) is 1.